The van der Waals surface area contributed by atoms with Crippen molar-refractivity contribution in [1.82, 2.24) is 4.90 Å². The van der Waals surface area contributed by atoms with Gasteiger partial charge in [0.25, 0.3) is 0 Å². The van der Waals surface area contributed by atoms with Gasteiger partial charge in [-0.15, -0.1) is 5.92 Å². The van der Waals surface area contributed by atoms with E-state index in [1.54, 1.807) is 0 Å². The van der Waals surface area contributed by atoms with Crippen LogP contribution in [0.2, 0.25) is 0 Å². The number of hydrogen-bond acceptors (Lipinski definition) is 1. The van der Waals surface area contributed by atoms with Gasteiger partial charge in [0.1, 0.15) is 0 Å². The smallest absolute Gasteiger partial charge is 0.0175 e. The molecule has 1 heterocycles. The predicted octanol–water partition coefficient (Wildman–Crippen LogP) is 5.21. The molecule has 0 amide bonds. The van der Waals surface area contributed by atoms with Gasteiger partial charge in [0.05, 0.1) is 0 Å². The second kappa shape index (κ2) is 9.52. The van der Waals surface area contributed by atoms with Crippen molar-refractivity contribution in [2.24, 2.45) is 23.7 Å². The molecule has 0 N–H and O–H groups in total. The number of likely N-dealkylation sites (tertiary alicyclic amines) is 1. The van der Waals surface area contributed by atoms with Gasteiger partial charge in [-0.2, -0.15) is 0 Å². The molecule has 0 spiro atoms. The van der Waals surface area contributed by atoms with Crippen LogP contribution in [-0.4, -0.2) is 24.0 Å². The van der Waals surface area contributed by atoms with Crippen LogP contribution in [0.4, 0.5) is 0 Å². The molecule has 1 heteroatoms. The highest BCUT2D eigenvalue weighted by Crippen LogP contribution is 2.27. The first-order valence-electron chi connectivity index (χ1n) is 9.19. The van der Waals surface area contributed by atoms with E-state index in [0.29, 0.717) is 11.8 Å². The van der Waals surface area contributed by atoms with Crippen LogP contribution in [0.25, 0.3) is 0 Å². The quantitative estimate of drug-likeness (QED) is 0.607. The molecule has 1 nitrogen and oxygen atoms in total. The molecule has 1 aliphatic heterocycles. The van der Waals surface area contributed by atoms with Crippen molar-refractivity contribution in [2.45, 2.75) is 79.7 Å². The third-order valence-electron chi connectivity index (χ3n) is 5.06. The Morgan fingerprint density at radius 1 is 0.952 bits per heavy atom. The fraction of sp³-hybridized carbons (Fsp3) is 0.900. The zero-order valence-corrected chi connectivity index (χ0v) is 15.3. The Labute approximate surface area is 133 Å². The lowest BCUT2D eigenvalue weighted by molar-refractivity contribution is 0.105. The monoisotopic (exact) mass is 291 g/mol. The molecule has 0 aliphatic carbocycles. The Hall–Kier alpha value is -0.480. The first kappa shape index (κ1) is 18.6. The molecule has 1 rings (SSSR count). The zero-order valence-electron chi connectivity index (χ0n) is 15.3. The fourth-order valence-electron chi connectivity index (χ4n) is 3.42. The second-order valence-corrected chi connectivity index (χ2v) is 7.60. The summed E-state index contributed by atoms with van der Waals surface area (Å²) in [5.74, 6) is 9.61. The molecule has 0 bridgehead atoms. The summed E-state index contributed by atoms with van der Waals surface area (Å²) in [6.45, 7) is 16.4. The normalized spacial score (nSPS) is 20.4. The molecule has 21 heavy (non-hydrogen) atoms. The SMILES string of the molecule is CCC(CCC(C)C#CC(C)C)N1CCC(C(C)C)CC1. The molecule has 1 saturated heterocycles. The van der Waals surface area contributed by atoms with Crippen LogP contribution in [0.5, 0.6) is 0 Å². The van der Waals surface area contributed by atoms with Crippen molar-refractivity contribution in [2.75, 3.05) is 13.1 Å². The largest absolute Gasteiger partial charge is 0.300 e. The van der Waals surface area contributed by atoms with Crippen LogP contribution in [0, 0.1) is 35.5 Å². The minimum atomic E-state index is 0.504. The van der Waals surface area contributed by atoms with E-state index in [2.05, 4.69) is 58.3 Å². The average molecular weight is 292 g/mol. The lowest BCUT2D eigenvalue weighted by Gasteiger charge is -2.38. The molecule has 0 aromatic rings. The first-order valence-corrected chi connectivity index (χ1v) is 9.19. The van der Waals surface area contributed by atoms with Crippen molar-refractivity contribution in [3.8, 4) is 11.8 Å². The number of hydrogen-bond donors (Lipinski definition) is 0. The van der Waals surface area contributed by atoms with Crippen molar-refractivity contribution >= 4 is 0 Å². The zero-order chi connectivity index (χ0) is 15.8. The Bertz CT molecular complexity index is 325. The molecule has 0 aromatic carbocycles. The van der Waals surface area contributed by atoms with Gasteiger partial charge in [-0.3, -0.25) is 0 Å². The van der Waals surface area contributed by atoms with Crippen molar-refractivity contribution in [1.29, 1.82) is 0 Å². The van der Waals surface area contributed by atoms with Gasteiger partial charge >= 0.3 is 0 Å². The van der Waals surface area contributed by atoms with Crippen molar-refractivity contribution in [3.05, 3.63) is 0 Å². The van der Waals surface area contributed by atoms with Gasteiger partial charge in [-0.25, -0.2) is 0 Å². The van der Waals surface area contributed by atoms with Gasteiger partial charge in [-0.05, 0) is 57.0 Å². The van der Waals surface area contributed by atoms with Crippen molar-refractivity contribution < 1.29 is 0 Å². The molecule has 1 aliphatic rings. The van der Waals surface area contributed by atoms with Crippen LogP contribution in [-0.2, 0) is 0 Å². The molecular formula is C20H37N. The maximum Gasteiger partial charge on any atom is 0.0175 e. The topological polar surface area (TPSA) is 3.24 Å². The minimum Gasteiger partial charge on any atom is -0.300 e. The third kappa shape index (κ3) is 6.88. The predicted molar refractivity (Wildman–Crippen MR) is 94.2 cm³/mol. The summed E-state index contributed by atoms with van der Waals surface area (Å²) in [7, 11) is 0. The van der Waals surface area contributed by atoms with E-state index >= 15 is 0 Å². The Balaban J connectivity index is 2.37. The minimum absolute atomic E-state index is 0.504. The van der Waals surface area contributed by atoms with E-state index in [1.807, 2.05) is 0 Å². The maximum absolute atomic E-state index is 3.42. The third-order valence-corrected chi connectivity index (χ3v) is 5.06. The van der Waals surface area contributed by atoms with Gasteiger partial charge in [0.2, 0.25) is 0 Å². The Morgan fingerprint density at radius 3 is 2.05 bits per heavy atom. The second-order valence-electron chi connectivity index (χ2n) is 7.60. The summed E-state index contributed by atoms with van der Waals surface area (Å²) in [6, 6.07) is 0.779. The molecular weight excluding hydrogens is 254 g/mol. The van der Waals surface area contributed by atoms with E-state index in [4.69, 9.17) is 0 Å². The van der Waals surface area contributed by atoms with E-state index in [-0.39, 0.29) is 0 Å². The number of nitrogens with zero attached hydrogens (tertiary/aromatic N) is 1. The van der Waals surface area contributed by atoms with E-state index in [9.17, 15) is 0 Å². The lowest BCUT2D eigenvalue weighted by atomic mass is 9.85. The van der Waals surface area contributed by atoms with E-state index in [0.717, 1.165) is 17.9 Å². The molecule has 2 atom stereocenters. The van der Waals surface area contributed by atoms with Crippen molar-refractivity contribution in [3.63, 3.8) is 0 Å². The summed E-state index contributed by atoms with van der Waals surface area (Å²) in [5.41, 5.74) is 0. The van der Waals surface area contributed by atoms with Crippen LogP contribution in [0.1, 0.15) is 73.6 Å². The summed E-state index contributed by atoms with van der Waals surface area (Å²) in [6.07, 6.45) is 6.66. The summed E-state index contributed by atoms with van der Waals surface area (Å²) >= 11 is 0. The van der Waals surface area contributed by atoms with Gasteiger partial charge in [-0.1, -0.05) is 47.5 Å². The van der Waals surface area contributed by atoms with Gasteiger partial charge in [0.15, 0.2) is 0 Å². The molecule has 0 aromatic heterocycles. The molecule has 1 fully saturated rings. The molecule has 2 unspecified atom stereocenters. The number of piperidine rings is 1. The highest BCUT2D eigenvalue weighted by atomic mass is 15.2. The Morgan fingerprint density at radius 2 is 1.57 bits per heavy atom. The average Bonchev–Trinajstić information content (AvgIpc) is 2.46. The van der Waals surface area contributed by atoms with E-state index < -0.39 is 0 Å². The first-order chi connectivity index (χ1) is 9.93. The van der Waals surface area contributed by atoms with E-state index in [1.165, 1.54) is 45.2 Å². The molecule has 0 radical (unpaired) electrons. The summed E-state index contributed by atoms with van der Waals surface area (Å²) in [5, 5.41) is 0. The highest BCUT2D eigenvalue weighted by Gasteiger charge is 2.25. The molecule has 122 valence electrons. The Kier molecular flexibility index (Phi) is 8.42. The van der Waals surface area contributed by atoms with Crippen LogP contribution < -0.4 is 0 Å². The van der Waals surface area contributed by atoms with Crippen LogP contribution in [0.15, 0.2) is 0 Å². The molecule has 0 saturated carbocycles. The summed E-state index contributed by atoms with van der Waals surface area (Å²) in [4.78, 5) is 2.75. The lowest BCUT2D eigenvalue weighted by Crippen LogP contribution is -2.42. The van der Waals surface area contributed by atoms with Gasteiger partial charge in [0, 0.05) is 17.9 Å². The fourth-order valence-corrected chi connectivity index (χ4v) is 3.42. The maximum atomic E-state index is 3.42. The van der Waals surface area contributed by atoms with Crippen LogP contribution >= 0.6 is 0 Å². The number of rotatable bonds is 6. The van der Waals surface area contributed by atoms with Crippen LogP contribution in [0.3, 0.4) is 0 Å². The van der Waals surface area contributed by atoms with Gasteiger partial charge < -0.3 is 4.90 Å². The highest BCUT2D eigenvalue weighted by molar-refractivity contribution is 5.04. The summed E-state index contributed by atoms with van der Waals surface area (Å²) < 4.78 is 0. The standard InChI is InChI=1S/C20H37N/c1-7-20(11-10-18(6)9-8-16(2)3)21-14-12-19(13-15-21)17(4)5/h16-20H,7,10-15H2,1-6H3.